The summed E-state index contributed by atoms with van der Waals surface area (Å²) in [5.41, 5.74) is 1.49. The van der Waals surface area contributed by atoms with E-state index in [0.29, 0.717) is 17.2 Å². The molecule has 108 valence electrons. The van der Waals surface area contributed by atoms with Crippen molar-refractivity contribution >= 4 is 0 Å². The second-order valence-corrected chi connectivity index (χ2v) is 4.60. The zero-order valence-corrected chi connectivity index (χ0v) is 12.1. The summed E-state index contributed by atoms with van der Waals surface area (Å²) in [5, 5.41) is 0. The lowest BCUT2D eigenvalue weighted by Gasteiger charge is -2.16. The van der Waals surface area contributed by atoms with Gasteiger partial charge in [0.1, 0.15) is 18.2 Å². The van der Waals surface area contributed by atoms with Crippen molar-refractivity contribution in [1.29, 1.82) is 0 Å². The number of pyridine rings is 1. The Morgan fingerprint density at radius 2 is 2.15 bits per heavy atom. The Morgan fingerprint density at radius 3 is 2.70 bits per heavy atom. The Kier molecular flexibility index (Phi) is 5.97. The Hall–Kier alpha value is -2.10. The fraction of sp³-hybridized carbons (Fsp3) is 0.312. The van der Waals surface area contributed by atoms with Crippen molar-refractivity contribution < 1.29 is 13.9 Å². The number of hydrogen-bond acceptors (Lipinski definition) is 3. The first-order valence-electron chi connectivity index (χ1n) is 6.31. The van der Waals surface area contributed by atoms with Crippen molar-refractivity contribution in [2.45, 2.75) is 20.5 Å². The van der Waals surface area contributed by atoms with Gasteiger partial charge >= 0.3 is 0 Å². The maximum Gasteiger partial charge on any atom is 0.219 e. The minimum Gasteiger partial charge on any atom is -0.488 e. The van der Waals surface area contributed by atoms with E-state index < -0.39 is 5.83 Å². The molecule has 1 aromatic heterocycles. The Labute approximate surface area is 119 Å². The molecule has 0 aliphatic heterocycles. The predicted octanol–water partition coefficient (Wildman–Crippen LogP) is 4.19. The van der Waals surface area contributed by atoms with Crippen molar-refractivity contribution in [1.82, 2.24) is 4.98 Å². The van der Waals surface area contributed by atoms with Crippen molar-refractivity contribution in [2.24, 2.45) is 5.92 Å². The van der Waals surface area contributed by atoms with Crippen LogP contribution in [-0.4, -0.2) is 12.1 Å². The third kappa shape index (κ3) is 4.53. The normalized spacial score (nSPS) is 11.3. The van der Waals surface area contributed by atoms with E-state index in [1.165, 1.54) is 6.08 Å². The maximum absolute atomic E-state index is 13.0. The van der Waals surface area contributed by atoms with Crippen LogP contribution in [-0.2, 0) is 11.3 Å². The van der Waals surface area contributed by atoms with E-state index in [9.17, 15) is 4.39 Å². The molecule has 0 saturated carbocycles. The molecule has 3 nitrogen and oxygen atoms in total. The highest BCUT2D eigenvalue weighted by Gasteiger charge is 2.11. The van der Waals surface area contributed by atoms with Gasteiger partial charge in [0.2, 0.25) is 5.88 Å². The molecule has 4 heteroatoms. The molecule has 0 unspecified atom stereocenters. The Morgan fingerprint density at radius 1 is 1.45 bits per heavy atom. The lowest BCUT2D eigenvalue weighted by Crippen LogP contribution is -2.03. The standard InChI is InChI=1S/C16H20FNO2/c1-11(2)13(4)15(9-12(3)17)20-10-14-7-6-8-18-16(14)19-5/h6-9,11H,3-4,10H2,1-2,5H3/b15-9+. The molecule has 0 fully saturated rings. The second-order valence-electron chi connectivity index (χ2n) is 4.60. The minimum absolute atomic E-state index is 0.149. The summed E-state index contributed by atoms with van der Waals surface area (Å²) >= 11 is 0. The molecule has 0 aliphatic rings. The fourth-order valence-electron chi connectivity index (χ4n) is 1.53. The van der Waals surface area contributed by atoms with Gasteiger partial charge in [0.15, 0.2) is 0 Å². The first kappa shape index (κ1) is 16.0. The van der Waals surface area contributed by atoms with Crippen LogP contribution >= 0.6 is 0 Å². The molecule has 0 N–H and O–H groups in total. The average molecular weight is 277 g/mol. The molecule has 1 rings (SSSR count). The monoisotopic (exact) mass is 277 g/mol. The fourth-order valence-corrected chi connectivity index (χ4v) is 1.53. The van der Waals surface area contributed by atoms with Gasteiger partial charge in [0.25, 0.3) is 0 Å². The van der Waals surface area contributed by atoms with Gasteiger partial charge in [-0.25, -0.2) is 9.37 Å². The van der Waals surface area contributed by atoms with Crippen LogP contribution in [0.2, 0.25) is 0 Å². The van der Waals surface area contributed by atoms with Crippen LogP contribution in [0.25, 0.3) is 0 Å². The number of nitrogens with zero attached hydrogens (tertiary/aromatic N) is 1. The van der Waals surface area contributed by atoms with E-state index in [1.807, 2.05) is 19.9 Å². The van der Waals surface area contributed by atoms with Crippen molar-refractivity contribution in [3.05, 3.63) is 60.3 Å². The third-order valence-corrected chi connectivity index (χ3v) is 2.73. The van der Waals surface area contributed by atoms with Gasteiger partial charge in [0, 0.05) is 12.3 Å². The molecule has 1 aromatic rings. The molecule has 0 spiro atoms. The largest absolute Gasteiger partial charge is 0.488 e. The number of methoxy groups -OCH3 is 1. The van der Waals surface area contributed by atoms with Gasteiger partial charge in [-0.2, -0.15) is 0 Å². The highest BCUT2D eigenvalue weighted by molar-refractivity contribution is 5.30. The number of aromatic nitrogens is 1. The zero-order valence-electron chi connectivity index (χ0n) is 12.1. The average Bonchev–Trinajstić information content (AvgIpc) is 2.42. The first-order chi connectivity index (χ1) is 9.45. The number of ether oxygens (including phenoxy) is 2. The van der Waals surface area contributed by atoms with Crippen molar-refractivity contribution in [3.63, 3.8) is 0 Å². The molecule has 0 bridgehead atoms. The molecule has 0 amide bonds. The van der Waals surface area contributed by atoms with E-state index in [2.05, 4.69) is 18.1 Å². The molecule has 0 radical (unpaired) electrons. The third-order valence-electron chi connectivity index (χ3n) is 2.73. The second kappa shape index (κ2) is 7.48. The van der Waals surface area contributed by atoms with Crippen LogP contribution in [0.4, 0.5) is 4.39 Å². The summed E-state index contributed by atoms with van der Waals surface area (Å²) in [5.74, 6) is 0.454. The zero-order chi connectivity index (χ0) is 15.1. The smallest absolute Gasteiger partial charge is 0.219 e. The maximum atomic E-state index is 13.0. The van der Waals surface area contributed by atoms with Gasteiger partial charge in [-0.1, -0.05) is 27.0 Å². The number of hydrogen-bond donors (Lipinski definition) is 0. The van der Waals surface area contributed by atoms with Gasteiger partial charge in [-0.15, -0.1) is 0 Å². The van der Waals surface area contributed by atoms with E-state index in [1.54, 1.807) is 19.4 Å². The highest BCUT2D eigenvalue weighted by Crippen LogP contribution is 2.23. The topological polar surface area (TPSA) is 31.4 Å². The lowest BCUT2D eigenvalue weighted by molar-refractivity contribution is 0.197. The molecular formula is C16H20FNO2. The minimum atomic E-state index is -0.569. The summed E-state index contributed by atoms with van der Waals surface area (Å²) in [7, 11) is 1.54. The van der Waals surface area contributed by atoms with E-state index in [0.717, 1.165) is 5.56 Å². The number of rotatable bonds is 7. The number of allylic oxidation sites excluding steroid dienone is 3. The molecule has 0 aromatic carbocycles. The lowest BCUT2D eigenvalue weighted by atomic mass is 10.0. The summed E-state index contributed by atoms with van der Waals surface area (Å²) in [6, 6.07) is 3.63. The molecule has 0 aliphatic carbocycles. The quantitative estimate of drug-likeness (QED) is 0.553. The Bertz CT molecular complexity index is 521. The summed E-state index contributed by atoms with van der Waals surface area (Å²) in [6.45, 7) is 11.3. The summed E-state index contributed by atoms with van der Waals surface area (Å²) < 4.78 is 23.8. The van der Waals surface area contributed by atoms with Crippen LogP contribution in [0.5, 0.6) is 5.88 Å². The molecule has 0 saturated heterocycles. The Balaban J connectivity index is 2.87. The van der Waals surface area contributed by atoms with E-state index in [4.69, 9.17) is 9.47 Å². The first-order valence-corrected chi connectivity index (χ1v) is 6.31. The molecule has 1 heterocycles. The molecule has 20 heavy (non-hydrogen) atoms. The van der Waals surface area contributed by atoms with Crippen molar-refractivity contribution in [2.75, 3.05) is 7.11 Å². The molecule has 0 atom stereocenters. The van der Waals surface area contributed by atoms with E-state index in [-0.39, 0.29) is 12.5 Å². The summed E-state index contributed by atoms with van der Waals surface area (Å²) in [4.78, 5) is 4.08. The van der Waals surface area contributed by atoms with Gasteiger partial charge in [0.05, 0.1) is 12.7 Å². The molecular weight excluding hydrogens is 257 g/mol. The van der Waals surface area contributed by atoms with Crippen LogP contribution in [0.3, 0.4) is 0 Å². The predicted molar refractivity (Wildman–Crippen MR) is 77.9 cm³/mol. The highest BCUT2D eigenvalue weighted by atomic mass is 19.1. The van der Waals surface area contributed by atoms with E-state index >= 15 is 0 Å². The summed E-state index contributed by atoms with van der Waals surface area (Å²) in [6.07, 6.45) is 2.88. The van der Waals surface area contributed by atoms with Gasteiger partial charge < -0.3 is 9.47 Å². The van der Waals surface area contributed by atoms with Crippen LogP contribution < -0.4 is 4.74 Å². The van der Waals surface area contributed by atoms with Crippen LogP contribution in [0, 0.1) is 5.92 Å². The van der Waals surface area contributed by atoms with Crippen molar-refractivity contribution in [3.8, 4) is 5.88 Å². The number of halogens is 1. The van der Waals surface area contributed by atoms with Crippen LogP contribution in [0.1, 0.15) is 19.4 Å². The SMILES string of the molecule is C=C(F)/C=C(/OCc1cccnc1OC)C(=C)C(C)C. The van der Waals surface area contributed by atoms with Gasteiger partial charge in [-0.05, 0) is 23.6 Å². The van der Waals surface area contributed by atoms with Gasteiger partial charge in [-0.3, -0.25) is 0 Å². The van der Waals surface area contributed by atoms with Crippen LogP contribution in [0.15, 0.2) is 54.7 Å².